The number of carbonyl (C=O) groups is 1. The van der Waals surface area contributed by atoms with E-state index < -0.39 is 0 Å². The molecule has 0 aromatic rings. The molecule has 0 N–H and O–H groups in total. The smallest absolute Gasteiger partial charge is 0.225 e. The summed E-state index contributed by atoms with van der Waals surface area (Å²) < 4.78 is 0. The topological polar surface area (TPSA) is 20.3 Å². The molecular weight excluding hydrogens is 162 g/mol. The molecule has 0 saturated heterocycles. The van der Waals surface area contributed by atoms with Gasteiger partial charge in [0.05, 0.1) is 0 Å². The summed E-state index contributed by atoms with van der Waals surface area (Å²) in [6.07, 6.45) is 4.39. The van der Waals surface area contributed by atoms with Crippen molar-refractivity contribution in [2.75, 3.05) is 13.1 Å². The zero-order chi connectivity index (χ0) is 9.84. The van der Waals surface area contributed by atoms with Crippen LogP contribution in [0.4, 0.5) is 0 Å². The van der Waals surface area contributed by atoms with Gasteiger partial charge in [-0.05, 0) is 12.8 Å². The van der Waals surface area contributed by atoms with Crippen LogP contribution in [-0.4, -0.2) is 23.9 Å². The van der Waals surface area contributed by atoms with Crippen LogP contribution < -0.4 is 0 Å². The first-order valence-electron chi connectivity index (χ1n) is 5.11. The van der Waals surface area contributed by atoms with Crippen LogP contribution in [0.3, 0.4) is 0 Å². The van der Waals surface area contributed by atoms with Crippen LogP contribution in [0.2, 0.25) is 0 Å². The Morgan fingerprint density at radius 3 is 2.69 bits per heavy atom. The molecule has 0 radical (unpaired) electrons. The molecule has 0 aromatic carbocycles. The summed E-state index contributed by atoms with van der Waals surface area (Å²) in [5, 5.41) is 0. The van der Waals surface area contributed by atoms with Crippen LogP contribution in [0.5, 0.6) is 0 Å². The predicted molar refractivity (Wildman–Crippen MR) is 54.4 cm³/mol. The van der Waals surface area contributed by atoms with Gasteiger partial charge < -0.3 is 4.90 Å². The largest absolute Gasteiger partial charge is 0.338 e. The maximum atomic E-state index is 11.6. The number of hydrogen-bond acceptors (Lipinski definition) is 1. The zero-order valence-electron chi connectivity index (χ0n) is 8.84. The summed E-state index contributed by atoms with van der Waals surface area (Å²) >= 11 is 0. The zero-order valence-corrected chi connectivity index (χ0v) is 8.84. The van der Waals surface area contributed by atoms with E-state index in [0.29, 0.717) is 0 Å². The highest BCUT2D eigenvalue weighted by Crippen LogP contribution is 2.15. The van der Waals surface area contributed by atoms with Crippen molar-refractivity contribution in [3.63, 3.8) is 0 Å². The molecule has 13 heavy (non-hydrogen) atoms. The minimum atomic E-state index is 0.136. The summed E-state index contributed by atoms with van der Waals surface area (Å²) in [7, 11) is 0. The Bertz CT molecular complexity index is 218. The molecule has 1 amide bonds. The van der Waals surface area contributed by atoms with Gasteiger partial charge in [0, 0.05) is 19.0 Å². The molecular formula is C11H19NO. The van der Waals surface area contributed by atoms with Crippen molar-refractivity contribution in [3.05, 3.63) is 11.6 Å². The van der Waals surface area contributed by atoms with Crippen molar-refractivity contribution in [1.29, 1.82) is 0 Å². The molecule has 1 aliphatic rings. The van der Waals surface area contributed by atoms with Crippen molar-refractivity contribution < 1.29 is 4.79 Å². The second-order valence-corrected chi connectivity index (χ2v) is 3.90. The van der Waals surface area contributed by atoms with Crippen LogP contribution in [-0.2, 0) is 4.79 Å². The van der Waals surface area contributed by atoms with Crippen molar-refractivity contribution >= 4 is 5.91 Å². The number of nitrogens with zero attached hydrogens (tertiary/aromatic N) is 1. The first-order chi connectivity index (χ1) is 6.15. The van der Waals surface area contributed by atoms with Crippen LogP contribution in [0.15, 0.2) is 11.6 Å². The van der Waals surface area contributed by atoms with E-state index in [-0.39, 0.29) is 11.8 Å². The fourth-order valence-electron chi connectivity index (χ4n) is 1.60. The predicted octanol–water partition coefficient (Wildman–Crippen LogP) is 2.21. The Labute approximate surface area is 80.6 Å². The lowest BCUT2D eigenvalue weighted by atomic mass is 10.0. The van der Waals surface area contributed by atoms with Gasteiger partial charge in [-0.1, -0.05) is 32.4 Å². The Balaban J connectivity index is 2.50. The third-order valence-corrected chi connectivity index (χ3v) is 2.56. The lowest BCUT2D eigenvalue weighted by Gasteiger charge is -2.27. The first kappa shape index (κ1) is 10.3. The second-order valence-electron chi connectivity index (χ2n) is 3.90. The highest BCUT2D eigenvalue weighted by atomic mass is 16.2. The molecule has 1 aliphatic heterocycles. The maximum Gasteiger partial charge on any atom is 0.225 e. The van der Waals surface area contributed by atoms with E-state index in [1.807, 2.05) is 18.7 Å². The molecule has 74 valence electrons. The molecule has 0 unspecified atom stereocenters. The van der Waals surface area contributed by atoms with Gasteiger partial charge in [0.25, 0.3) is 0 Å². The number of hydrogen-bond donors (Lipinski definition) is 0. The SMILES string of the molecule is CCC1=CCN(C(=O)C(C)C)CC1. The van der Waals surface area contributed by atoms with Gasteiger partial charge in [-0.25, -0.2) is 0 Å². The second kappa shape index (κ2) is 4.45. The monoisotopic (exact) mass is 181 g/mol. The average molecular weight is 181 g/mol. The van der Waals surface area contributed by atoms with Gasteiger partial charge in [-0.2, -0.15) is 0 Å². The molecule has 1 heterocycles. The molecule has 0 spiro atoms. The van der Waals surface area contributed by atoms with E-state index in [0.717, 1.165) is 25.9 Å². The number of carbonyl (C=O) groups excluding carboxylic acids is 1. The van der Waals surface area contributed by atoms with Crippen molar-refractivity contribution in [1.82, 2.24) is 4.90 Å². The Hall–Kier alpha value is -0.790. The fourth-order valence-corrected chi connectivity index (χ4v) is 1.60. The molecule has 0 atom stereocenters. The minimum Gasteiger partial charge on any atom is -0.338 e. The van der Waals surface area contributed by atoms with Gasteiger partial charge in [0.15, 0.2) is 0 Å². The average Bonchev–Trinajstić information content (AvgIpc) is 2.17. The summed E-state index contributed by atoms with van der Waals surface area (Å²) in [6.45, 7) is 7.82. The van der Waals surface area contributed by atoms with E-state index in [2.05, 4.69) is 13.0 Å². The van der Waals surface area contributed by atoms with Crippen LogP contribution in [0, 0.1) is 5.92 Å². The number of amides is 1. The number of rotatable bonds is 2. The van der Waals surface area contributed by atoms with Crippen LogP contribution in [0.25, 0.3) is 0 Å². The highest BCUT2D eigenvalue weighted by Gasteiger charge is 2.18. The van der Waals surface area contributed by atoms with E-state index in [4.69, 9.17) is 0 Å². The lowest BCUT2D eigenvalue weighted by molar-refractivity contribution is -0.134. The van der Waals surface area contributed by atoms with Gasteiger partial charge >= 0.3 is 0 Å². The minimum absolute atomic E-state index is 0.136. The molecule has 0 aromatic heterocycles. The lowest BCUT2D eigenvalue weighted by Crippen LogP contribution is -2.37. The molecule has 0 aliphatic carbocycles. The Kier molecular flexibility index (Phi) is 3.52. The van der Waals surface area contributed by atoms with Crippen molar-refractivity contribution in [3.8, 4) is 0 Å². The van der Waals surface area contributed by atoms with E-state index in [9.17, 15) is 4.79 Å². The molecule has 1 rings (SSSR count). The van der Waals surface area contributed by atoms with Crippen molar-refractivity contribution in [2.24, 2.45) is 5.92 Å². The molecule has 2 heteroatoms. The summed E-state index contributed by atoms with van der Waals surface area (Å²) in [5.74, 6) is 0.419. The van der Waals surface area contributed by atoms with Crippen LogP contribution >= 0.6 is 0 Å². The normalized spacial score (nSPS) is 17.5. The third-order valence-electron chi connectivity index (χ3n) is 2.56. The third kappa shape index (κ3) is 2.58. The summed E-state index contributed by atoms with van der Waals surface area (Å²) in [6, 6.07) is 0. The summed E-state index contributed by atoms with van der Waals surface area (Å²) in [5.41, 5.74) is 1.49. The molecule has 0 bridgehead atoms. The van der Waals surface area contributed by atoms with Gasteiger partial charge in [0.1, 0.15) is 0 Å². The molecule has 0 saturated carbocycles. The standard InChI is InChI=1S/C11H19NO/c1-4-10-5-7-12(8-6-10)11(13)9(2)3/h5,9H,4,6-8H2,1-3H3. The Morgan fingerprint density at radius 1 is 1.62 bits per heavy atom. The van der Waals surface area contributed by atoms with E-state index in [1.54, 1.807) is 0 Å². The van der Waals surface area contributed by atoms with Crippen molar-refractivity contribution in [2.45, 2.75) is 33.6 Å². The highest BCUT2D eigenvalue weighted by molar-refractivity contribution is 5.78. The van der Waals surface area contributed by atoms with Gasteiger partial charge in [-0.15, -0.1) is 0 Å². The quantitative estimate of drug-likeness (QED) is 0.598. The molecule has 0 fully saturated rings. The maximum absolute atomic E-state index is 11.6. The Morgan fingerprint density at radius 2 is 2.31 bits per heavy atom. The van der Waals surface area contributed by atoms with E-state index >= 15 is 0 Å². The van der Waals surface area contributed by atoms with Gasteiger partial charge in [0.2, 0.25) is 5.91 Å². The van der Waals surface area contributed by atoms with E-state index in [1.165, 1.54) is 5.57 Å². The molecule has 2 nitrogen and oxygen atoms in total. The van der Waals surface area contributed by atoms with Gasteiger partial charge in [-0.3, -0.25) is 4.79 Å². The summed E-state index contributed by atoms with van der Waals surface area (Å²) in [4.78, 5) is 13.5. The fraction of sp³-hybridized carbons (Fsp3) is 0.727. The van der Waals surface area contributed by atoms with Crippen LogP contribution in [0.1, 0.15) is 33.6 Å². The first-order valence-corrected chi connectivity index (χ1v) is 5.11.